The molecule has 2 heterocycles. The van der Waals surface area contributed by atoms with Crippen molar-refractivity contribution in [1.82, 2.24) is 4.98 Å². The highest BCUT2D eigenvalue weighted by molar-refractivity contribution is 7.15. The zero-order valence-corrected chi connectivity index (χ0v) is 11.5. The van der Waals surface area contributed by atoms with Crippen LogP contribution in [0.25, 0.3) is 0 Å². The quantitative estimate of drug-likeness (QED) is 0.788. The van der Waals surface area contributed by atoms with Crippen molar-refractivity contribution in [3.05, 3.63) is 10.6 Å². The van der Waals surface area contributed by atoms with Gasteiger partial charge in [0.05, 0.1) is 12.3 Å². The summed E-state index contributed by atoms with van der Waals surface area (Å²) >= 11 is 1.77. The van der Waals surface area contributed by atoms with Crippen LogP contribution in [0.1, 0.15) is 42.7 Å². The summed E-state index contributed by atoms with van der Waals surface area (Å²) in [5, 5.41) is 1.10. The molecule has 1 aliphatic heterocycles. The molecule has 0 radical (unpaired) electrons. The fourth-order valence-corrected chi connectivity index (χ4v) is 3.92. The van der Waals surface area contributed by atoms with Gasteiger partial charge in [-0.3, -0.25) is 4.79 Å². The number of nitrogens with zero attached hydrogens (tertiary/aromatic N) is 2. The maximum Gasteiger partial charge on any atom is 0.315 e. The highest BCUT2D eigenvalue weighted by atomic mass is 32.1. The lowest BCUT2D eigenvalue weighted by atomic mass is 10.1. The van der Waals surface area contributed by atoms with Gasteiger partial charge in [0, 0.05) is 18.0 Å². The number of carbonyl (C=O) groups is 1. The summed E-state index contributed by atoms with van der Waals surface area (Å²) in [6.07, 6.45) is 4.36. The number of esters is 1. The lowest BCUT2D eigenvalue weighted by Crippen LogP contribution is -2.18. The molecule has 0 aromatic carbocycles. The zero-order valence-electron chi connectivity index (χ0n) is 10.6. The summed E-state index contributed by atoms with van der Waals surface area (Å²) in [7, 11) is 0. The number of fused-ring (bicyclic) bond motifs is 1. The molecule has 1 atom stereocenters. The molecule has 1 aliphatic carbocycles. The lowest BCUT2D eigenvalue weighted by molar-refractivity contribution is -0.145. The molecule has 1 saturated heterocycles. The number of rotatable bonds is 3. The number of aromatic nitrogens is 1. The first-order valence-corrected chi connectivity index (χ1v) is 7.52. The molecular formula is C13H18N2O2S. The normalized spacial score (nSPS) is 22.3. The van der Waals surface area contributed by atoms with Gasteiger partial charge in [-0.25, -0.2) is 4.98 Å². The fourth-order valence-electron chi connectivity index (χ4n) is 2.73. The number of carbonyl (C=O) groups excluding carboxylic acids is 1. The van der Waals surface area contributed by atoms with E-state index in [1.165, 1.54) is 17.7 Å². The van der Waals surface area contributed by atoms with Crippen LogP contribution >= 0.6 is 11.3 Å². The SMILES string of the molecule is CCOC(=O)C1CCc2sc(N3CCCC3)nc21. The number of aryl methyl sites for hydroxylation is 1. The van der Waals surface area contributed by atoms with Crippen LogP contribution in [-0.2, 0) is 16.0 Å². The van der Waals surface area contributed by atoms with Crippen LogP contribution in [0.2, 0.25) is 0 Å². The number of ether oxygens (including phenoxy) is 1. The van der Waals surface area contributed by atoms with Gasteiger partial charge in [-0.05, 0) is 32.6 Å². The molecule has 1 aromatic rings. The highest BCUT2D eigenvalue weighted by Gasteiger charge is 2.34. The Hall–Kier alpha value is -1.10. The molecule has 0 saturated carbocycles. The molecule has 4 nitrogen and oxygen atoms in total. The van der Waals surface area contributed by atoms with Crippen molar-refractivity contribution in [3.63, 3.8) is 0 Å². The Kier molecular flexibility index (Phi) is 3.24. The summed E-state index contributed by atoms with van der Waals surface area (Å²) in [4.78, 5) is 20.2. The van der Waals surface area contributed by atoms with Crippen LogP contribution in [0.3, 0.4) is 0 Å². The van der Waals surface area contributed by atoms with Gasteiger partial charge in [0.25, 0.3) is 0 Å². The minimum absolute atomic E-state index is 0.102. The van der Waals surface area contributed by atoms with Crippen LogP contribution in [0, 0.1) is 0 Å². The Morgan fingerprint density at radius 3 is 3.00 bits per heavy atom. The summed E-state index contributed by atoms with van der Waals surface area (Å²) in [5.41, 5.74) is 0.986. The number of hydrogen-bond donors (Lipinski definition) is 0. The predicted molar refractivity (Wildman–Crippen MR) is 71.3 cm³/mol. The van der Waals surface area contributed by atoms with Crippen molar-refractivity contribution < 1.29 is 9.53 Å². The highest BCUT2D eigenvalue weighted by Crippen LogP contribution is 2.40. The third-order valence-corrected chi connectivity index (χ3v) is 4.85. The monoisotopic (exact) mass is 266 g/mol. The zero-order chi connectivity index (χ0) is 12.5. The van der Waals surface area contributed by atoms with Crippen molar-refractivity contribution in [2.45, 2.75) is 38.5 Å². The average Bonchev–Trinajstić information content (AvgIpc) is 3.04. The molecule has 0 bridgehead atoms. The van der Waals surface area contributed by atoms with Crippen LogP contribution in [0.4, 0.5) is 5.13 Å². The maximum absolute atomic E-state index is 11.9. The van der Waals surface area contributed by atoms with E-state index in [0.717, 1.165) is 36.8 Å². The van der Waals surface area contributed by atoms with Gasteiger partial charge in [-0.1, -0.05) is 0 Å². The molecular weight excluding hydrogens is 248 g/mol. The largest absolute Gasteiger partial charge is 0.465 e. The first kappa shape index (κ1) is 12.0. The van der Waals surface area contributed by atoms with Crippen LogP contribution in [-0.4, -0.2) is 30.6 Å². The number of hydrogen-bond acceptors (Lipinski definition) is 5. The van der Waals surface area contributed by atoms with Crippen molar-refractivity contribution in [1.29, 1.82) is 0 Å². The molecule has 1 aromatic heterocycles. The smallest absolute Gasteiger partial charge is 0.315 e. The van der Waals surface area contributed by atoms with Gasteiger partial charge in [0.2, 0.25) is 0 Å². The number of thiazole rings is 1. The molecule has 3 rings (SSSR count). The van der Waals surface area contributed by atoms with E-state index in [0.29, 0.717) is 6.61 Å². The van der Waals surface area contributed by atoms with Gasteiger partial charge in [-0.15, -0.1) is 11.3 Å². The predicted octanol–water partition coefficient (Wildman–Crippen LogP) is 2.34. The second-order valence-electron chi connectivity index (χ2n) is 4.84. The summed E-state index contributed by atoms with van der Waals surface area (Å²) < 4.78 is 5.13. The summed E-state index contributed by atoms with van der Waals surface area (Å²) in [6, 6.07) is 0. The molecule has 18 heavy (non-hydrogen) atoms. The topological polar surface area (TPSA) is 42.4 Å². The van der Waals surface area contributed by atoms with Crippen molar-refractivity contribution >= 4 is 22.4 Å². The van der Waals surface area contributed by atoms with E-state index in [1.54, 1.807) is 11.3 Å². The maximum atomic E-state index is 11.9. The molecule has 1 unspecified atom stereocenters. The molecule has 2 aliphatic rings. The number of anilines is 1. The van der Waals surface area contributed by atoms with Crippen molar-refractivity contribution in [3.8, 4) is 0 Å². The second-order valence-corrected chi connectivity index (χ2v) is 5.90. The lowest BCUT2D eigenvalue weighted by Gasteiger charge is -2.13. The van der Waals surface area contributed by atoms with Crippen molar-refractivity contribution in [2.24, 2.45) is 0 Å². The Labute approximate surface area is 111 Å². The van der Waals surface area contributed by atoms with Crippen molar-refractivity contribution in [2.75, 3.05) is 24.6 Å². The van der Waals surface area contributed by atoms with Gasteiger partial charge < -0.3 is 9.64 Å². The van der Waals surface area contributed by atoms with Crippen LogP contribution in [0.15, 0.2) is 0 Å². The first-order valence-electron chi connectivity index (χ1n) is 6.70. The molecule has 0 amide bonds. The Bertz CT molecular complexity index is 452. The molecule has 98 valence electrons. The van der Waals surface area contributed by atoms with Gasteiger partial charge in [0.1, 0.15) is 5.92 Å². The van der Waals surface area contributed by atoms with Crippen LogP contribution < -0.4 is 4.90 Å². The van der Waals surface area contributed by atoms with Gasteiger partial charge in [0.15, 0.2) is 5.13 Å². The minimum atomic E-state index is -0.118. The van der Waals surface area contributed by atoms with E-state index in [4.69, 9.17) is 9.72 Å². The van der Waals surface area contributed by atoms with E-state index in [1.807, 2.05) is 6.92 Å². The Balaban J connectivity index is 1.80. The average molecular weight is 266 g/mol. The third-order valence-electron chi connectivity index (χ3n) is 3.65. The van der Waals surface area contributed by atoms with E-state index >= 15 is 0 Å². The summed E-state index contributed by atoms with van der Waals surface area (Å²) in [6.45, 7) is 4.52. The van der Waals surface area contributed by atoms with E-state index in [2.05, 4.69) is 4.90 Å². The Morgan fingerprint density at radius 1 is 1.50 bits per heavy atom. The second kappa shape index (κ2) is 4.88. The van der Waals surface area contributed by atoms with Crippen LogP contribution in [0.5, 0.6) is 0 Å². The molecule has 1 fully saturated rings. The van der Waals surface area contributed by atoms with E-state index < -0.39 is 0 Å². The first-order chi connectivity index (χ1) is 8.79. The summed E-state index contributed by atoms with van der Waals surface area (Å²) in [5.74, 6) is -0.220. The minimum Gasteiger partial charge on any atom is -0.465 e. The van der Waals surface area contributed by atoms with Gasteiger partial charge in [-0.2, -0.15) is 0 Å². The third kappa shape index (κ3) is 2.00. The van der Waals surface area contributed by atoms with E-state index in [-0.39, 0.29) is 11.9 Å². The molecule has 0 spiro atoms. The molecule has 5 heteroatoms. The standard InChI is InChI=1S/C13H18N2O2S/c1-2-17-12(16)9-5-6-10-11(9)14-13(18-10)15-7-3-4-8-15/h9H,2-8H2,1H3. The van der Waals surface area contributed by atoms with E-state index in [9.17, 15) is 4.79 Å². The van der Waals surface area contributed by atoms with Gasteiger partial charge >= 0.3 is 5.97 Å². The molecule has 0 N–H and O–H groups in total. The Morgan fingerprint density at radius 2 is 2.28 bits per heavy atom. The fraction of sp³-hybridized carbons (Fsp3) is 0.692.